The van der Waals surface area contributed by atoms with Crippen molar-refractivity contribution in [1.82, 2.24) is 9.62 Å². The molecule has 0 heterocycles. The summed E-state index contributed by atoms with van der Waals surface area (Å²) in [5, 5.41) is 12.1. The summed E-state index contributed by atoms with van der Waals surface area (Å²) in [7, 11) is -2.42. The van der Waals surface area contributed by atoms with Crippen LogP contribution in [0.2, 0.25) is 0 Å². The molecule has 2 rings (SSSR count). The minimum atomic E-state index is -3.76. The highest BCUT2D eigenvalue weighted by Gasteiger charge is 2.31. The number of carboxylic acid groups (broad SMARTS) is 1. The Hall–Kier alpha value is -1.93. The van der Waals surface area contributed by atoms with Gasteiger partial charge in [-0.15, -0.1) is 0 Å². The molecule has 2 N–H and O–H groups in total. The van der Waals surface area contributed by atoms with Gasteiger partial charge in [0.15, 0.2) is 0 Å². The van der Waals surface area contributed by atoms with Crippen molar-refractivity contribution in [3.63, 3.8) is 0 Å². The molecule has 2 atom stereocenters. The van der Waals surface area contributed by atoms with Crippen LogP contribution in [-0.2, 0) is 19.6 Å². The number of aliphatic carboxylic acids is 1. The van der Waals surface area contributed by atoms with Crippen molar-refractivity contribution in [2.45, 2.75) is 43.0 Å². The summed E-state index contributed by atoms with van der Waals surface area (Å²) >= 11 is 0. The number of rotatable bonds is 6. The van der Waals surface area contributed by atoms with Gasteiger partial charge in [0.25, 0.3) is 0 Å². The molecule has 1 aromatic rings. The molecular weight excluding hydrogens is 344 g/mol. The number of carbonyl (C=O) groups is 2. The van der Waals surface area contributed by atoms with Crippen LogP contribution in [-0.4, -0.2) is 49.3 Å². The highest BCUT2D eigenvalue weighted by molar-refractivity contribution is 7.89. The van der Waals surface area contributed by atoms with Crippen molar-refractivity contribution in [2.75, 3.05) is 13.6 Å². The summed E-state index contributed by atoms with van der Waals surface area (Å²) < 4.78 is 25.9. The fourth-order valence-corrected chi connectivity index (χ4v) is 4.24. The van der Waals surface area contributed by atoms with E-state index in [-0.39, 0.29) is 11.4 Å². The Bertz CT molecular complexity index is 705. The van der Waals surface area contributed by atoms with Crippen LogP contribution in [0.1, 0.15) is 32.1 Å². The number of likely N-dealkylation sites (N-methyl/N-ethyl adjacent to an activating group) is 1. The lowest BCUT2D eigenvalue weighted by molar-refractivity contribution is -0.143. The molecule has 7 nitrogen and oxygen atoms in total. The first-order valence-electron chi connectivity index (χ1n) is 8.36. The summed E-state index contributed by atoms with van der Waals surface area (Å²) in [5.74, 6) is -2.03. The molecule has 138 valence electrons. The summed E-state index contributed by atoms with van der Waals surface area (Å²) in [6, 6.07) is 7.42. The fraction of sp³-hybridized carbons (Fsp3) is 0.529. The highest BCUT2D eigenvalue weighted by Crippen LogP contribution is 2.24. The Labute approximate surface area is 148 Å². The average Bonchev–Trinajstić information content (AvgIpc) is 2.81. The molecule has 1 saturated carbocycles. The maximum atomic E-state index is 12.4. The van der Waals surface area contributed by atoms with Crippen molar-refractivity contribution < 1.29 is 23.1 Å². The van der Waals surface area contributed by atoms with E-state index < -0.39 is 33.9 Å². The van der Waals surface area contributed by atoms with Gasteiger partial charge in [0, 0.05) is 13.1 Å². The quantitative estimate of drug-likeness (QED) is 0.740. The molecule has 0 aromatic heterocycles. The number of hydrogen-bond donors (Lipinski definition) is 2. The first kappa shape index (κ1) is 19.4. The van der Waals surface area contributed by atoms with Gasteiger partial charge in [-0.05, 0) is 25.0 Å². The maximum absolute atomic E-state index is 12.4. The van der Waals surface area contributed by atoms with E-state index in [1.54, 1.807) is 18.2 Å². The number of nitrogens with zero attached hydrogens (tertiary/aromatic N) is 1. The molecular formula is C17H24N2O5S. The molecule has 25 heavy (non-hydrogen) atoms. The van der Waals surface area contributed by atoms with Crippen LogP contribution in [0, 0.1) is 5.92 Å². The van der Waals surface area contributed by atoms with E-state index in [1.807, 2.05) is 0 Å². The lowest BCUT2D eigenvalue weighted by Gasteiger charge is -2.24. The molecule has 0 radical (unpaired) electrons. The van der Waals surface area contributed by atoms with Gasteiger partial charge < -0.3 is 10.4 Å². The Morgan fingerprint density at radius 3 is 2.44 bits per heavy atom. The monoisotopic (exact) mass is 368 g/mol. The number of nitrogens with one attached hydrogen (secondary N) is 1. The second-order valence-corrected chi connectivity index (χ2v) is 8.38. The molecule has 1 aliphatic rings. The van der Waals surface area contributed by atoms with Gasteiger partial charge in [-0.3, -0.25) is 9.59 Å². The van der Waals surface area contributed by atoms with E-state index >= 15 is 0 Å². The SMILES string of the molecule is CN(CC(=O)N[C@H]1CCCCC[C@H]1C(=O)O)S(=O)(=O)c1ccccc1. The highest BCUT2D eigenvalue weighted by atomic mass is 32.2. The van der Waals surface area contributed by atoms with E-state index in [2.05, 4.69) is 5.32 Å². The minimum absolute atomic E-state index is 0.114. The minimum Gasteiger partial charge on any atom is -0.481 e. The van der Waals surface area contributed by atoms with Crippen LogP contribution < -0.4 is 5.32 Å². The van der Waals surface area contributed by atoms with Crippen LogP contribution in [0.5, 0.6) is 0 Å². The lowest BCUT2D eigenvalue weighted by atomic mass is 9.95. The molecule has 1 fully saturated rings. The Kier molecular flexibility index (Phi) is 6.55. The number of amides is 1. The normalized spacial score (nSPS) is 21.5. The van der Waals surface area contributed by atoms with Gasteiger partial charge in [-0.25, -0.2) is 8.42 Å². The lowest BCUT2D eigenvalue weighted by Crippen LogP contribution is -2.47. The van der Waals surface area contributed by atoms with E-state index in [0.29, 0.717) is 12.8 Å². The molecule has 1 aromatic carbocycles. The van der Waals surface area contributed by atoms with E-state index in [4.69, 9.17) is 0 Å². The molecule has 0 aliphatic heterocycles. The smallest absolute Gasteiger partial charge is 0.308 e. The summed E-state index contributed by atoms with van der Waals surface area (Å²) in [6.45, 7) is -0.347. The zero-order valence-electron chi connectivity index (χ0n) is 14.2. The van der Waals surface area contributed by atoms with Gasteiger partial charge in [-0.2, -0.15) is 4.31 Å². The van der Waals surface area contributed by atoms with Crippen LogP contribution in [0.25, 0.3) is 0 Å². The van der Waals surface area contributed by atoms with Crippen molar-refractivity contribution in [3.8, 4) is 0 Å². The third kappa shape index (κ3) is 5.02. The number of sulfonamides is 1. The zero-order valence-corrected chi connectivity index (χ0v) is 15.0. The van der Waals surface area contributed by atoms with Gasteiger partial charge in [0.2, 0.25) is 15.9 Å². The van der Waals surface area contributed by atoms with Gasteiger partial charge >= 0.3 is 5.97 Å². The molecule has 1 amide bonds. The van der Waals surface area contributed by atoms with Crippen LogP contribution in [0.3, 0.4) is 0 Å². The van der Waals surface area contributed by atoms with Crippen LogP contribution in [0.15, 0.2) is 35.2 Å². The second-order valence-electron chi connectivity index (χ2n) is 6.33. The molecule has 0 saturated heterocycles. The van der Waals surface area contributed by atoms with Crippen LogP contribution in [0.4, 0.5) is 0 Å². The van der Waals surface area contributed by atoms with Crippen molar-refractivity contribution in [3.05, 3.63) is 30.3 Å². The predicted octanol–water partition coefficient (Wildman–Crippen LogP) is 1.46. The summed E-state index contributed by atoms with van der Waals surface area (Å²) in [6.07, 6.45) is 3.74. The van der Waals surface area contributed by atoms with Gasteiger partial charge in [0.1, 0.15) is 0 Å². The number of carboxylic acids is 1. The predicted molar refractivity (Wildman–Crippen MR) is 92.4 cm³/mol. The summed E-state index contributed by atoms with van der Waals surface area (Å²) in [4.78, 5) is 23.8. The average molecular weight is 368 g/mol. The molecule has 1 aliphatic carbocycles. The molecule has 0 bridgehead atoms. The molecule has 0 unspecified atom stereocenters. The van der Waals surface area contributed by atoms with Crippen molar-refractivity contribution >= 4 is 21.9 Å². The standard InChI is InChI=1S/C17H24N2O5S/c1-19(25(23,24)13-8-4-2-5-9-13)12-16(20)18-15-11-7-3-6-10-14(15)17(21)22/h2,4-5,8-9,14-15H,3,6-7,10-12H2,1H3,(H,18,20)(H,21,22)/t14-,15+/m1/s1. The third-order valence-corrected chi connectivity index (χ3v) is 6.31. The number of hydrogen-bond acceptors (Lipinski definition) is 4. The number of carbonyl (C=O) groups excluding carboxylic acids is 1. The Balaban J connectivity index is 2.02. The van der Waals surface area contributed by atoms with Crippen molar-refractivity contribution in [2.24, 2.45) is 5.92 Å². The summed E-state index contributed by atoms with van der Waals surface area (Å²) in [5.41, 5.74) is 0. The molecule has 8 heteroatoms. The van der Waals surface area contributed by atoms with Crippen LogP contribution >= 0.6 is 0 Å². The fourth-order valence-electron chi connectivity index (χ4n) is 3.09. The van der Waals surface area contributed by atoms with E-state index in [0.717, 1.165) is 23.6 Å². The molecule has 0 spiro atoms. The first-order valence-corrected chi connectivity index (χ1v) is 9.80. The topological polar surface area (TPSA) is 104 Å². The Morgan fingerprint density at radius 1 is 1.16 bits per heavy atom. The second kappa shape index (κ2) is 8.44. The third-order valence-electron chi connectivity index (χ3n) is 4.50. The zero-order chi connectivity index (χ0) is 18.4. The van der Waals surface area contributed by atoms with Crippen molar-refractivity contribution in [1.29, 1.82) is 0 Å². The van der Waals surface area contributed by atoms with Gasteiger partial charge in [0.05, 0.1) is 17.4 Å². The number of benzene rings is 1. The Morgan fingerprint density at radius 2 is 1.80 bits per heavy atom. The van der Waals surface area contributed by atoms with E-state index in [1.165, 1.54) is 19.2 Å². The van der Waals surface area contributed by atoms with E-state index in [9.17, 15) is 23.1 Å². The first-order chi connectivity index (χ1) is 11.8. The largest absolute Gasteiger partial charge is 0.481 e. The van der Waals surface area contributed by atoms with Gasteiger partial charge in [-0.1, -0.05) is 37.5 Å². The maximum Gasteiger partial charge on any atom is 0.308 e.